The third-order valence-corrected chi connectivity index (χ3v) is 2.88. The fourth-order valence-electron chi connectivity index (χ4n) is 1.80. The van der Waals surface area contributed by atoms with Crippen LogP contribution in [0.1, 0.15) is 0 Å². The van der Waals surface area contributed by atoms with E-state index in [-0.39, 0.29) is 10.8 Å². The second-order valence-electron chi connectivity index (χ2n) is 4.02. The largest absolute Gasteiger partial charge is 0.338 e. The standard InChI is InChI=1S/C14H9ClFN3/c15-10-7-12(16)14(18-8-10)19-11-3-4-13-9(6-11)2-1-5-17-13/h1-8H,(H,18,19). The molecule has 0 saturated carbocycles. The summed E-state index contributed by atoms with van der Waals surface area (Å²) < 4.78 is 13.6. The topological polar surface area (TPSA) is 37.8 Å². The number of hydrogen-bond acceptors (Lipinski definition) is 3. The third-order valence-electron chi connectivity index (χ3n) is 2.67. The Balaban J connectivity index is 1.96. The first kappa shape index (κ1) is 11.9. The van der Waals surface area contributed by atoms with Crippen molar-refractivity contribution in [1.82, 2.24) is 9.97 Å². The Hall–Kier alpha value is -2.20. The molecule has 1 aromatic carbocycles. The van der Waals surface area contributed by atoms with Crippen molar-refractivity contribution < 1.29 is 4.39 Å². The monoisotopic (exact) mass is 273 g/mol. The van der Waals surface area contributed by atoms with Crippen molar-refractivity contribution in [3.8, 4) is 0 Å². The van der Waals surface area contributed by atoms with E-state index in [4.69, 9.17) is 11.6 Å². The number of rotatable bonds is 2. The Morgan fingerprint density at radius 3 is 2.84 bits per heavy atom. The van der Waals surface area contributed by atoms with E-state index in [0.29, 0.717) is 0 Å². The van der Waals surface area contributed by atoms with Gasteiger partial charge in [-0.25, -0.2) is 9.37 Å². The number of hydrogen-bond donors (Lipinski definition) is 1. The van der Waals surface area contributed by atoms with Crippen LogP contribution in [0.4, 0.5) is 15.9 Å². The second kappa shape index (κ2) is 4.82. The zero-order valence-corrected chi connectivity index (χ0v) is 10.5. The van der Waals surface area contributed by atoms with Crippen molar-refractivity contribution in [2.75, 3.05) is 5.32 Å². The highest BCUT2D eigenvalue weighted by molar-refractivity contribution is 6.30. The van der Waals surface area contributed by atoms with Crippen LogP contribution < -0.4 is 5.32 Å². The lowest BCUT2D eigenvalue weighted by molar-refractivity contribution is 0.626. The Bertz CT molecular complexity index is 746. The molecule has 0 bridgehead atoms. The summed E-state index contributed by atoms with van der Waals surface area (Å²) >= 11 is 5.66. The van der Waals surface area contributed by atoms with Crippen molar-refractivity contribution in [3.63, 3.8) is 0 Å². The van der Waals surface area contributed by atoms with Gasteiger partial charge in [-0.05, 0) is 30.3 Å². The third kappa shape index (κ3) is 2.48. The molecule has 0 aliphatic heterocycles. The maximum absolute atomic E-state index is 13.6. The summed E-state index contributed by atoms with van der Waals surface area (Å²) in [6.07, 6.45) is 3.13. The van der Waals surface area contributed by atoms with Crippen molar-refractivity contribution >= 4 is 34.0 Å². The van der Waals surface area contributed by atoms with Crippen molar-refractivity contribution in [3.05, 3.63) is 59.6 Å². The first-order valence-corrected chi connectivity index (χ1v) is 6.03. The van der Waals surface area contributed by atoms with Crippen LogP contribution in [0.5, 0.6) is 0 Å². The van der Waals surface area contributed by atoms with Gasteiger partial charge in [0.2, 0.25) is 0 Å². The average Bonchev–Trinajstić information content (AvgIpc) is 2.42. The van der Waals surface area contributed by atoms with Gasteiger partial charge in [0.25, 0.3) is 0 Å². The highest BCUT2D eigenvalue weighted by Crippen LogP contribution is 2.22. The lowest BCUT2D eigenvalue weighted by Crippen LogP contribution is -1.96. The van der Waals surface area contributed by atoms with E-state index in [2.05, 4.69) is 15.3 Å². The van der Waals surface area contributed by atoms with Crippen molar-refractivity contribution in [2.45, 2.75) is 0 Å². The summed E-state index contributed by atoms with van der Waals surface area (Å²) in [6.45, 7) is 0. The molecule has 94 valence electrons. The predicted molar refractivity (Wildman–Crippen MR) is 74.2 cm³/mol. The zero-order valence-electron chi connectivity index (χ0n) is 9.77. The molecule has 3 rings (SSSR count). The molecule has 1 N–H and O–H groups in total. The summed E-state index contributed by atoms with van der Waals surface area (Å²) in [5.41, 5.74) is 1.63. The lowest BCUT2D eigenvalue weighted by atomic mass is 10.2. The lowest BCUT2D eigenvalue weighted by Gasteiger charge is -2.07. The van der Waals surface area contributed by atoms with E-state index in [9.17, 15) is 4.39 Å². The average molecular weight is 274 g/mol. The smallest absolute Gasteiger partial charge is 0.167 e. The number of aromatic nitrogens is 2. The normalized spacial score (nSPS) is 10.6. The van der Waals surface area contributed by atoms with Gasteiger partial charge in [-0.3, -0.25) is 4.98 Å². The molecule has 0 amide bonds. The fourth-order valence-corrected chi connectivity index (χ4v) is 1.94. The predicted octanol–water partition coefficient (Wildman–Crippen LogP) is 4.17. The Morgan fingerprint density at radius 1 is 1.11 bits per heavy atom. The van der Waals surface area contributed by atoms with E-state index in [1.54, 1.807) is 6.20 Å². The highest BCUT2D eigenvalue weighted by atomic mass is 35.5. The van der Waals surface area contributed by atoms with Crippen LogP contribution in [0.25, 0.3) is 10.9 Å². The van der Waals surface area contributed by atoms with Gasteiger partial charge >= 0.3 is 0 Å². The number of benzene rings is 1. The molecule has 0 fully saturated rings. The zero-order chi connectivity index (χ0) is 13.2. The van der Waals surface area contributed by atoms with E-state index in [1.165, 1.54) is 12.3 Å². The molecule has 2 aromatic heterocycles. The van der Waals surface area contributed by atoms with E-state index in [0.717, 1.165) is 16.6 Å². The maximum atomic E-state index is 13.6. The number of fused-ring (bicyclic) bond motifs is 1. The fraction of sp³-hybridized carbons (Fsp3) is 0. The molecule has 5 heteroatoms. The van der Waals surface area contributed by atoms with Gasteiger partial charge in [-0.1, -0.05) is 17.7 Å². The van der Waals surface area contributed by atoms with Crippen LogP contribution in [0.2, 0.25) is 5.02 Å². The first-order chi connectivity index (χ1) is 9.22. The quantitative estimate of drug-likeness (QED) is 0.762. The molecule has 0 saturated heterocycles. The molecule has 3 nitrogen and oxygen atoms in total. The molecule has 0 radical (unpaired) electrons. The SMILES string of the molecule is Fc1cc(Cl)cnc1Nc1ccc2ncccc2c1. The summed E-state index contributed by atoms with van der Waals surface area (Å²) in [6, 6.07) is 10.6. The van der Waals surface area contributed by atoms with Gasteiger partial charge in [0, 0.05) is 23.5 Å². The van der Waals surface area contributed by atoms with Gasteiger partial charge in [0.1, 0.15) is 0 Å². The van der Waals surface area contributed by atoms with Gasteiger partial charge in [-0.2, -0.15) is 0 Å². The van der Waals surface area contributed by atoms with Crippen LogP contribution >= 0.6 is 11.6 Å². The van der Waals surface area contributed by atoms with Crippen LogP contribution in [0, 0.1) is 5.82 Å². The number of nitrogens with one attached hydrogen (secondary N) is 1. The first-order valence-electron chi connectivity index (χ1n) is 5.65. The molecular weight excluding hydrogens is 265 g/mol. The second-order valence-corrected chi connectivity index (χ2v) is 4.46. The summed E-state index contributed by atoms with van der Waals surface area (Å²) in [4.78, 5) is 8.14. The van der Waals surface area contributed by atoms with Gasteiger partial charge < -0.3 is 5.32 Å². The maximum Gasteiger partial charge on any atom is 0.167 e. The summed E-state index contributed by atoms with van der Waals surface area (Å²) in [5, 5.41) is 4.16. The van der Waals surface area contributed by atoms with Crippen molar-refractivity contribution in [2.24, 2.45) is 0 Å². The minimum atomic E-state index is -0.487. The van der Waals surface area contributed by atoms with Crippen LogP contribution in [-0.4, -0.2) is 9.97 Å². The van der Waals surface area contributed by atoms with Crippen LogP contribution in [0.15, 0.2) is 48.8 Å². The van der Waals surface area contributed by atoms with Gasteiger partial charge in [0.05, 0.1) is 10.5 Å². The Labute approximate surface area is 114 Å². The van der Waals surface area contributed by atoms with Gasteiger partial charge in [-0.15, -0.1) is 0 Å². The highest BCUT2D eigenvalue weighted by Gasteiger charge is 2.05. The van der Waals surface area contributed by atoms with Crippen LogP contribution in [0.3, 0.4) is 0 Å². The summed E-state index contributed by atoms with van der Waals surface area (Å²) in [5.74, 6) is -0.341. The molecule has 0 aliphatic carbocycles. The molecule has 0 unspecified atom stereocenters. The molecule has 0 atom stereocenters. The molecule has 3 aromatic rings. The molecule has 0 spiro atoms. The number of pyridine rings is 2. The summed E-state index contributed by atoms with van der Waals surface area (Å²) in [7, 11) is 0. The number of halogens is 2. The molecular formula is C14H9ClFN3. The Morgan fingerprint density at radius 2 is 2.00 bits per heavy atom. The Kier molecular flexibility index (Phi) is 3.01. The molecule has 0 aliphatic rings. The van der Waals surface area contributed by atoms with Crippen LogP contribution in [-0.2, 0) is 0 Å². The number of nitrogens with zero attached hydrogens (tertiary/aromatic N) is 2. The van der Waals surface area contributed by atoms with Crippen molar-refractivity contribution in [1.29, 1.82) is 0 Å². The van der Waals surface area contributed by atoms with E-state index >= 15 is 0 Å². The molecule has 2 heterocycles. The van der Waals surface area contributed by atoms with Gasteiger partial charge in [0.15, 0.2) is 11.6 Å². The van der Waals surface area contributed by atoms with E-state index < -0.39 is 5.82 Å². The number of anilines is 2. The minimum Gasteiger partial charge on any atom is -0.338 e. The van der Waals surface area contributed by atoms with E-state index in [1.807, 2.05) is 30.3 Å². The molecule has 19 heavy (non-hydrogen) atoms. The minimum absolute atomic E-state index is 0.146.